The molecule has 0 aliphatic carbocycles. The van der Waals surface area contributed by atoms with Crippen LogP contribution in [0.5, 0.6) is 0 Å². The van der Waals surface area contributed by atoms with Crippen molar-refractivity contribution >= 4 is 11.7 Å². The highest BCUT2D eigenvalue weighted by atomic mass is 16.5. The molecule has 5 heteroatoms. The Morgan fingerprint density at radius 2 is 2.31 bits per heavy atom. The number of aromatic amines is 1. The molecule has 0 bridgehead atoms. The quantitative estimate of drug-likeness (QED) is 0.589. The molecular weight excluding hydrogens is 206 g/mol. The van der Waals surface area contributed by atoms with Crippen LogP contribution in [-0.4, -0.2) is 23.0 Å². The second-order valence-corrected chi connectivity index (χ2v) is 3.26. The molecule has 0 aliphatic heterocycles. The number of anilines is 1. The molecule has 1 heterocycles. The van der Waals surface area contributed by atoms with Gasteiger partial charge in [-0.25, -0.2) is 9.78 Å². The number of methoxy groups -OCH3 is 1. The smallest absolute Gasteiger partial charge is 0.337 e. The number of nitrogens with zero attached hydrogens (tertiary/aromatic N) is 1. The van der Waals surface area contributed by atoms with Crippen LogP contribution in [0.25, 0.3) is 11.3 Å². The number of imidazole rings is 1. The zero-order valence-electron chi connectivity index (χ0n) is 8.73. The lowest BCUT2D eigenvalue weighted by atomic mass is 10.1. The Balaban J connectivity index is 2.49. The lowest BCUT2D eigenvalue weighted by molar-refractivity contribution is 0.0601. The number of benzene rings is 1. The van der Waals surface area contributed by atoms with Crippen LogP contribution in [0.2, 0.25) is 0 Å². The Morgan fingerprint density at radius 1 is 1.50 bits per heavy atom. The van der Waals surface area contributed by atoms with E-state index in [0.29, 0.717) is 11.3 Å². The van der Waals surface area contributed by atoms with Crippen molar-refractivity contribution in [2.24, 2.45) is 0 Å². The number of H-pyrrole nitrogens is 1. The topological polar surface area (TPSA) is 81.0 Å². The maximum absolute atomic E-state index is 11.4. The number of ether oxygens (including phenoxy) is 1. The third-order valence-electron chi connectivity index (χ3n) is 2.26. The van der Waals surface area contributed by atoms with Crippen molar-refractivity contribution in [2.75, 3.05) is 12.8 Å². The largest absolute Gasteiger partial charge is 0.465 e. The average molecular weight is 217 g/mol. The summed E-state index contributed by atoms with van der Waals surface area (Å²) >= 11 is 0. The summed E-state index contributed by atoms with van der Waals surface area (Å²) in [6.07, 6.45) is 3.20. The highest BCUT2D eigenvalue weighted by molar-refractivity contribution is 5.92. The fraction of sp³-hybridized carbons (Fsp3) is 0.0909. The number of hydrogen-bond donors (Lipinski definition) is 2. The number of nitrogens with one attached hydrogen (secondary N) is 1. The zero-order valence-corrected chi connectivity index (χ0v) is 8.73. The number of nitrogens with two attached hydrogens (primary N) is 1. The number of hydrogen-bond acceptors (Lipinski definition) is 4. The van der Waals surface area contributed by atoms with Gasteiger partial charge in [-0.15, -0.1) is 0 Å². The van der Waals surface area contributed by atoms with E-state index in [-0.39, 0.29) is 5.97 Å². The number of carbonyl (C=O) groups is 1. The van der Waals surface area contributed by atoms with Gasteiger partial charge >= 0.3 is 5.97 Å². The van der Waals surface area contributed by atoms with E-state index in [4.69, 9.17) is 5.73 Å². The first-order valence-electron chi connectivity index (χ1n) is 4.69. The summed E-state index contributed by atoms with van der Waals surface area (Å²) in [5.41, 5.74) is 8.37. The van der Waals surface area contributed by atoms with Crippen LogP contribution < -0.4 is 5.73 Å². The molecular formula is C11H11N3O2. The summed E-state index contributed by atoms with van der Waals surface area (Å²) in [7, 11) is 1.34. The molecule has 3 N–H and O–H groups in total. The zero-order chi connectivity index (χ0) is 11.5. The molecule has 0 radical (unpaired) electrons. The van der Waals surface area contributed by atoms with Gasteiger partial charge in [0.05, 0.1) is 30.9 Å². The lowest BCUT2D eigenvalue weighted by Crippen LogP contribution is -2.02. The molecule has 5 nitrogen and oxygen atoms in total. The molecule has 0 atom stereocenters. The molecule has 1 aromatic heterocycles. The molecule has 0 fully saturated rings. The molecule has 0 amide bonds. The Kier molecular flexibility index (Phi) is 2.59. The monoisotopic (exact) mass is 217 g/mol. The first-order valence-corrected chi connectivity index (χ1v) is 4.69. The maximum atomic E-state index is 11.4. The van der Waals surface area contributed by atoms with Gasteiger partial charge in [-0.05, 0) is 18.2 Å². The third kappa shape index (κ3) is 1.75. The van der Waals surface area contributed by atoms with E-state index in [1.807, 2.05) is 0 Å². The van der Waals surface area contributed by atoms with Crippen molar-refractivity contribution in [1.29, 1.82) is 0 Å². The molecule has 0 saturated carbocycles. The molecule has 0 saturated heterocycles. The standard InChI is InChI=1S/C11H11N3O2/c1-16-11(15)7-2-3-9(12)8(4-7)10-5-13-6-14-10/h2-6H,12H2,1H3,(H,13,14). The van der Waals surface area contributed by atoms with Crippen molar-refractivity contribution in [3.05, 3.63) is 36.3 Å². The predicted octanol–water partition coefficient (Wildman–Crippen LogP) is 1.45. The Morgan fingerprint density at radius 3 is 2.94 bits per heavy atom. The molecule has 0 unspecified atom stereocenters. The number of esters is 1. The van der Waals surface area contributed by atoms with E-state index >= 15 is 0 Å². The summed E-state index contributed by atoms with van der Waals surface area (Å²) in [5, 5.41) is 0. The van der Waals surface area contributed by atoms with Crippen LogP contribution >= 0.6 is 0 Å². The summed E-state index contributed by atoms with van der Waals surface area (Å²) in [4.78, 5) is 18.2. The first-order chi connectivity index (χ1) is 7.72. The van der Waals surface area contributed by atoms with Gasteiger partial charge in [-0.1, -0.05) is 0 Å². The minimum atomic E-state index is -0.388. The average Bonchev–Trinajstić information content (AvgIpc) is 2.82. The molecule has 2 aromatic rings. The van der Waals surface area contributed by atoms with Crippen molar-refractivity contribution in [1.82, 2.24) is 9.97 Å². The first kappa shape index (κ1) is 10.2. The number of aromatic nitrogens is 2. The van der Waals surface area contributed by atoms with Crippen LogP contribution in [0.4, 0.5) is 5.69 Å². The number of nitrogen functional groups attached to an aromatic ring is 1. The predicted molar refractivity (Wildman–Crippen MR) is 59.8 cm³/mol. The van der Waals surface area contributed by atoms with E-state index in [9.17, 15) is 4.79 Å². The second kappa shape index (κ2) is 4.06. The normalized spacial score (nSPS) is 10.1. The highest BCUT2D eigenvalue weighted by Gasteiger charge is 2.10. The fourth-order valence-corrected chi connectivity index (χ4v) is 1.44. The lowest BCUT2D eigenvalue weighted by Gasteiger charge is -2.05. The van der Waals surface area contributed by atoms with Gasteiger partial charge in [0, 0.05) is 11.3 Å². The summed E-state index contributed by atoms with van der Waals surface area (Å²) in [6, 6.07) is 4.97. The third-order valence-corrected chi connectivity index (χ3v) is 2.26. The van der Waals surface area contributed by atoms with E-state index in [2.05, 4.69) is 14.7 Å². The van der Waals surface area contributed by atoms with E-state index in [1.165, 1.54) is 7.11 Å². The minimum absolute atomic E-state index is 0.388. The molecule has 0 spiro atoms. The van der Waals surface area contributed by atoms with Gasteiger partial charge < -0.3 is 15.5 Å². The van der Waals surface area contributed by atoms with Crippen LogP contribution in [0, 0.1) is 0 Å². The van der Waals surface area contributed by atoms with Gasteiger partial charge in [0.2, 0.25) is 0 Å². The SMILES string of the molecule is COC(=O)c1ccc(N)c(-c2cnc[nH]2)c1. The van der Waals surface area contributed by atoms with Crippen LogP contribution in [0.15, 0.2) is 30.7 Å². The Labute approximate surface area is 92.3 Å². The minimum Gasteiger partial charge on any atom is -0.465 e. The van der Waals surface area contributed by atoms with Crippen LogP contribution in [0.1, 0.15) is 10.4 Å². The summed E-state index contributed by atoms with van der Waals surface area (Å²) in [5.74, 6) is -0.388. The van der Waals surface area contributed by atoms with E-state index in [1.54, 1.807) is 30.7 Å². The molecule has 16 heavy (non-hydrogen) atoms. The molecule has 1 aromatic carbocycles. The van der Waals surface area contributed by atoms with Crippen molar-refractivity contribution in [3.8, 4) is 11.3 Å². The van der Waals surface area contributed by atoms with Gasteiger partial charge in [0.25, 0.3) is 0 Å². The van der Waals surface area contributed by atoms with Crippen LogP contribution in [0.3, 0.4) is 0 Å². The van der Waals surface area contributed by atoms with Crippen molar-refractivity contribution in [3.63, 3.8) is 0 Å². The van der Waals surface area contributed by atoms with Gasteiger partial charge in [-0.2, -0.15) is 0 Å². The molecule has 82 valence electrons. The van der Waals surface area contributed by atoms with E-state index < -0.39 is 0 Å². The Hall–Kier alpha value is -2.30. The van der Waals surface area contributed by atoms with Gasteiger partial charge in [-0.3, -0.25) is 0 Å². The molecule has 0 aliphatic rings. The number of carbonyl (C=O) groups excluding carboxylic acids is 1. The van der Waals surface area contributed by atoms with Gasteiger partial charge in [0.15, 0.2) is 0 Å². The van der Waals surface area contributed by atoms with Crippen molar-refractivity contribution in [2.45, 2.75) is 0 Å². The molecule has 2 rings (SSSR count). The summed E-state index contributed by atoms with van der Waals surface area (Å²) < 4.78 is 4.64. The fourth-order valence-electron chi connectivity index (χ4n) is 1.44. The van der Waals surface area contributed by atoms with Crippen LogP contribution in [-0.2, 0) is 4.74 Å². The van der Waals surface area contributed by atoms with E-state index in [0.717, 1.165) is 11.3 Å². The maximum Gasteiger partial charge on any atom is 0.337 e. The Bertz CT molecular complexity index is 506. The number of rotatable bonds is 2. The highest BCUT2D eigenvalue weighted by Crippen LogP contribution is 2.25. The van der Waals surface area contributed by atoms with Crippen molar-refractivity contribution < 1.29 is 9.53 Å². The van der Waals surface area contributed by atoms with Gasteiger partial charge in [0.1, 0.15) is 0 Å². The second-order valence-electron chi connectivity index (χ2n) is 3.26. The summed E-state index contributed by atoms with van der Waals surface area (Å²) in [6.45, 7) is 0.